The Kier molecular flexibility index (Phi) is 7.05. The molecule has 7 heteroatoms. The molecule has 2 heterocycles. The number of nitrogens with zero attached hydrogens (tertiary/aromatic N) is 2. The van der Waals surface area contributed by atoms with E-state index >= 15 is 0 Å². The normalized spacial score (nSPS) is 15.1. The molecule has 1 atom stereocenters. The van der Waals surface area contributed by atoms with E-state index in [9.17, 15) is 9.59 Å². The van der Waals surface area contributed by atoms with E-state index in [2.05, 4.69) is 15.2 Å². The summed E-state index contributed by atoms with van der Waals surface area (Å²) in [7, 11) is 0. The second-order valence-corrected chi connectivity index (χ2v) is 7.50. The van der Waals surface area contributed by atoms with Crippen molar-refractivity contribution in [2.45, 2.75) is 26.5 Å². The molecule has 1 fully saturated rings. The molecular weight excluding hydrogens is 368 g/mol. The molecule has 1 aliphatic rings. The van der Waals surface area contributed by atoms with Crippen LogP contribution in [0.4, 0.5) is 10.5 Å². The molecule has 0 bridgehead atoms. The van der Waals surface area contributed by atoms with E-state index in [0.29, 0.717) is 13.1 Å². The number of carbonyl (C=O) groups excluding carboxylic acids is 2. The predicted octanol–water partition coefficient (Wildman–Crippen LogP) is 2.10. The summed E-state index contributed by atoms with van der Waals surface area (Å²) >= 11 is 0. The summed E-state index contributed by atoms with van der Waals surface area (Å²) in [6.45, 7) is 6.81. The molecule has 1 aromatic heterocycles. The van der Waals surface area contributed by atoms with Crippen LogP contribution in [0, 0.1) is 5.92 Å². The molecule has 1 aliphatic heterocycles. The fraction of sp³-hybridized carbons (Fsp3) is 0.409. The van der Waals surface area contributed by atoms with Gasteiger partial charge in [-0.25, -0.2) is 9.78 Å². The van der Waals surface area contributed by atoms with Crippen molar-refractivity contribution >= 4 is 17.7 Å². The third kappa shape index (κ3) is 5.70. The number of piperazine rings is 1. The van der Waals surface area contributed by atoms with Crippen molar-refractivity contribution in [2.75, 3.05) is 31.1 Å². The number of benzene rings is 1. The Morgan fingerprint density at radius 1 is 1.03 bits per heavy atom. The van der Waals surface area contributed by atoms with Gasteiger partial charge in [-0.05, 0) is 11.5 Å². The number of H-pyrrole nitrogens is 1. The van der Waals surface area contributed by atoms with Gasteiger partial charge in [0.15, 0.2) is 12.4 Å². The third-order valence-corrected chi connectivity index (χ3v) is 5.08. The van der Waals surface area contributed by atoms with Gasteiger partial charge in [0.1, 0.15) is 12.6 Å². The van der Waals surface area contributed by atoms with Crippen LogP contribution >= 0.6 is 0 Å². The zero-order chi connectivity index (χ0) is 20.6. The summed E-state index contributed by atoms with van der Waals surface area (Å²) < 4.78 is 5.29. The van der Waals surface area contributed by atoms with Crippen LogP contribution < -0.4 is 15.2 Å². The average molecular weight is 397 g/mol. The molecule has 0 unspecified atom stereocenters. The van der Waals surface area contributed by atoms with Gasteiger partial charge in [0.25, 0.3) is 0 Å². The lowest BCUT2D eigenvalue weighted by molar-refractivity contribution is -0.377. The highest BCUT2D eigenvalue weighted by Crippen LogP contribution is 2.16. The Balaban J connectivity index is 1.52. The molecule has 0 aliphatic carbocycles. The van der Waals surface area contributed by atoms with Crippen LogP contribution in [0.2, 0.25) is 0 Å². The first-order valence-electron chi connectivity index (χ1n) is 10.0. The van der Waals surface area contributed by atoms with Crippen LogP contribution in [-0.4, -0.2) is 49.1 Å². The minimum atomic E-state index is -0.601. The molecular formula is C22H29N4O3+. The van der Waals surface area contributed by atoms with E-state index in [4.69, 9.17) is 4.74 Å². The lowest BCUT2D eigenvalue weighted by Gasteiger charge is -2.38. The highest BCUT2D eigenvalue weighted by Gasteiger charge is 2.31. The minimum absolute atomic E-state index is 0.0329. The maximum absolute atomic E-state index is 13.0. The Bertz CT molecular complexity index is 790. The van der Waals surface area contributed by atoms with Crippen LogP contribution in [0.3, 0.4) is 0 Å². The topological polar surface area (TPSA) is 76.0 Å². The molecule has 2 amide bonds. The molecule has 0 spiro atoms. The standard InChI is InChI=1S/C22H28N4O3/c1-17(2)20(24-22(28)29-16-18-6-4-3-5-7-18)21(27)26-14-12-25(13-15-26)19-8-10-23-11-9-19/h3-11,17,20H,12-16H2,1-2H3,(H,24,28)/p+1/t20-/m0/s1. The summed E-state index contributed by atoms with van der Waals surface area (Å²) in [6.07, 6.45) is 3.22. The van der Waals surface area contributed by atoms with Crippen molar-refractivity contribution in [3.63, 3.8) is 0 Å². The van der Waals surface area contributed by atoms with Crippen molar-refractivity contribution in [1.82, 2.24) is 10.2 Å². The number of ether oxygens (including phenoxy) is 1. The first-order valence-corrected chi connectivity index (χ1v) is 10.0. The minimum Gasteiger partial charge on any atom is -0.445 e. The number of aromatic amines is 1. The molecule has 2 N–H and O–H groups in total. The van der Waals surface area contributed by atoms with Gasteiger partial charge < -0.3 is 19.9 Å². The van der Waals surface area contributed by atoms with Crippen LogP contribution in [0.5, 0.6) is 0 Å². The second-order valence-electron chi connectivity index (χ2n) is 7.50. The largest absolute Gasteiger partial charge is 0.445 e. The highest BCUT2D eigenvalue weighted by molar-refractivity contribution is 5.86. The van der Waals surface area contributed by atoms with Crippen molar-refractivity contribution in [2.24, 2.45) is 5.92 Å². The van der Waals surface area contributed by atoms with Gasteiger partial charge in [0, 0.05) is 44.0 Å². The lowest BCUT2D eigenvalue weighted by atomic mass is 10.0. The van der Waals surface area contributed by atoms with Gasteiger partial charge in [-0.15, -0.1) is 0 Å². The van der Waals surface area contributed by atoms with Crippen LogP contribution in [0.15, 0.2) is 54.9 Å². The van der Waals surface area contributed by atoms with E-state index in [1.165, 1.54) is 0 Å². The van der Waals surface area contributed by atoms with Crippen LogP contribution in [-0.2, 0) is 16.1 Å². The van der Waals surface area contributed by atoms with E-state index in [1.54, 1.807) is 0 Å². The number of hydrogen-bond acceptors (Lipinski definition) is 4. The van der Waals surface area contributed by atoms with Crippen LogP contribution in [0.1, 0.15) is 19.4 Å². The highest BCUT2D eigenvalue weighted by atomic mass is 16.5. The smallest absolute Gasteiger partial charge is 0.408 e. The van der Waals surface area contributed by atoms with E-state index in [1.807, 2.05) is 73.6 Å². The molecule has 3 rings (SSSR count). The molecule has 154 valence electrons. The second kappa shape index (κ2) is 9.91. The maximum atomic E-state index is 13.0. The Morgan fingerprint density at radius 2 is 1.69 bits per heavy atom. The van der Waals surface area contributed by atoms with E-state index in [0.717, 1.165) is 24.3 Å². The number of aromatic nitrogens is 1. The van der Waals surface area contributed by atoms with Gasteiger partial charge in [0.05, 0.1) is 0 Å². The van der Waals surface area contributed by atoms with Gasteiger partial charge in [-0.1, -0.05) is 44.2 Å². The van der Waals surface area contributed by atoms with Crippen molar-refractivity contribution in [3.05, 3.63) is 60.4 Å². The number of alkyl carbamates (subject to hydrolysis) is 1. The van der Waals surface area contributed by atoms with Crippen molar-refractivity contribution in [1.29, 1.82) is 0 Å². The third-order valence-electron chi connectivity index (χ3n) is 5.08. The summed E-state index contributed by atoms with van der Waals surface area (Å²) in [5, 5.41) is 2.76. The summed E-state index contributed by atoms with van der Waals surface area (Å²) in [5.74, 6) is -0.0906. The number of hydrogen-bond donors (Lipinski definition) is 1. The van der Waals surface area contributed by atoms with E-state index < -0.39 is 12.1 Å². The van der Waals surface area contributed by atoms with Crippen LogP contribution in [0.25, 0.3) is 0 Å². The lowest BCUT2D eigenvalue weighted by Crippen LogP contribution is -2.56. The Hall–Kier alpha value is -3.09. The number of nitrogens with one attached hydrogen (secondary N) is 2. The quantitative estimate of drug-likeness (QED) is 0.810. The molecule has 1 aromatic carbocycles. The Labute approximate surface area is 171 Å². The zero-order valence-electron chi connectivity index (χ0n) is 17.0. The fourth-order valence-corrected chi connectivity index (χ4v) is 3.38. The summed E-state index contributed by atoms with van der Waals surface area (Å²) in [6, 6.07) is 12.9. The number of rotatable bonds is 6. The SMILES string of the molecule is CC(C)[C@H](NC(=O)OCc1ccccc1)C(=O)N1CCN(c2cc[nH+]cc2)CC1. The monoisotopic (exact) mass is 397 g/mol. The average Bonchev–Trinajstić information content (AvgIpc) is 2.77. The van der Waals surface area contributed by atoms with E-state index in [-0.39, 0.29) is 18.4 Å². The number of anilines is 1. The van der Waals surface area contributed by atoms with Gasteiger partial charge >= 0.3 is 6.09 Å². The molecule has 2 aromatic rings. The molecule has 29 heavy (non-hydrogen) atoms. The fourth-order valence-electron chi connectivity index (χ4n) is 3.38. The summed E-state index contributed by atoms with van der Waals surface area (Å²) in [4.78, 5) is 32.4. The first-order chi connectivity index (χ1) is 14.0. The molecule has 0 radical (unpaired) electrons. The van der Waals surface area contributed by atoms with Gasteiger partial charge in [-0.3, -0.25) is 4.79 Å². The van der Waals surface area contributed by atoms with Crippen molar-refractivity contribution in [3.8, 4) is 0 Å². The van der Waals surface area contributed by atoms with Crippen molar-refractivity contribution < 1.29 is 19.3 Å². The predicted molar refractivity (Wildman–Crippen MR) is 110 cm³/mol. The maximum Gasteiger partial charge on any atom is 0.408 e. The number of amides is 2. The zero-order valence-corrected chi connectivity index (χ0v) is 17.0. The molecule has 7 nitrogen and oxygen atoms in total. The number of carbonyl (C=O) groups is 2. The molecule has 1 saturated heterocycles. The first kappa shape index (κ1) is 20.6. The number of pyridine rings is 1. The molecule has 0 saturated carbocycles. The van der Waals surface area contributed by atoms with Gasteiger partial charge in [-0.2, -0.15) is 0 Å². The summed E-state index contributed by atoms with van der Waals surface area (Å²) in [5.41, 5.74) is 2.04. The Morgan fingerprint density at radius 3 is 2.31 bits per heavy atom. The van der Waals surface area contributed by atoms with Gasteiger partial charge in [0.2, 0.25) is 5.91 Å².